The molecule has 0 aromatic rings. The Hall–Kier alpha value is -0.160. The highest BCUT2D eigenvalue weighted by atomic mass is 16.5. The van der Waals surface area contributed by atoms with Gasteiger partial charge in [0, 0.05) is 25.2 Å². The Kier molecular flexibility index (Phi) is 6.27. The number of rotatable bonds is 8. The van der Waals surface area contributed by atoms with Gasteiger partial charge in [-0.3, -0.25) is 0 Å². The van der Waals surface area contributed by atoms with E-state index in [0.717, 1.165) is 32.7 Å². The van der Waals surface area contributed by atoms with Gasteiger partial charge in [-0.05, 0) is 72.8 Å². The smallest absolute Gasteiger partial charge is 0.0599 e. The maximum atomic E-state index is 5.97. The minimum absolute atomic E-state index is 0.449. The van der Waals surface area contributed by atoms with Crippen LogP contribution in [0.4, 0.5) is 0 Å². The molecule has 0 atom stereocenters. The first-order valence-corrected chi connectivity index (χ1v) is 8.31. The molecule has 0 aromatic heterocycles. The number of ether oxygens (including phenoxy) is 1. The molecular formula is C16H33N3O. The van der Waals surface area contributed by atoms with Crippen LogP contribution in [0.3, 0.4) is 0 Å². The lowest BCUT2D eigenvalue weighted by Crippen LogP contribution is -2.56. The first kappa shape index (κ1) is 16.2. The maximum absolute atomic E-state index is 5.97. The van der Waals surface area contributed by atoms with E-state index >= 15 is 0 Å². The van der Waals surface area contributed by atoms with Crippen molar-refractivity contribution < 1.29 is 4.74 Å². The molecule has 2 fully saturated rings. The van der Waals surface area contributed by atoms with E-state index in [0.29, 0.717) is 11.6 Å². The van der Waals surface area contributed by atoms with Crippen LogP contribution in [-0.4, -0.2) is 75.4 Å². The fourth-order valence-electron chi connectivity index (χ4n) is 3.46. The minimum atomic E-state index is 0.449. The third-order valence-corrected chi connectivity index (χ3v) is 5.12. The quantitative estimate of drug-likeness (QED) is 0.684. The Morgan fingerprint density at radius 1 is 1.15 bits per heavy atom. The van der Waals surface area contributed by atoms with Crippen molar-refractivity contribution in [2.45, 2.75) is 50.2 Å². The van der Waals surface area contributed by atoms with E-state index in [9.17, 15) is 0 Å². The van der Waals surface area contributed by atoms with Gasteiger partial charge in [-0.2, -0.15) is 0 Å². The molecule has 2 aliphatic rings. The molecule has 2 rings (SSSR count). The van der Waals surface area contributed by atoms with Gasteiger partial charge in [0.25, 0.3) is 0 Å². The summed E-state index contributed by atoms with van der Waals surface area (Å²) in [7, 11) is 6.72. The van der Waals surface area contributed by atoms with Crippen molar-refractivity contribution in [1.29, 1.82) is 0 Å². The van der Waals surface area contributed by atoms with Crippen LogP contribution in [-0.2, 0) is 4.74 Å². The van der Waals surface area contributed by atoms with Crippen molar-refractivity contribution in [2.75, 3.05) is 53.9 Å². The van der Waals surface area contributed by atoms with Crippen molar-refractivity contribution in [3.8, 4) is 0 Å². The highest BCUT2D eigenvalue weighted by Gasteiger charge is 2.39. The SMILES string of the molecule is CN(CCCOC1CCNCC1)CC1(N(C)C)CCC1. The van der Waals surface area contributed by atoms with Gasteiger partial charge in [0.05, 0.1) is 6.10 Å². The van der Waals surface area contributed by atoms with Gasteiger partial charge >= 0.3 is 0 Å². The van der Waals surface area contributed by atoms with Crippen LogP contribution < -0.4 is 5.32 Å². The van der Waals surface area contributed by atoms with E-state index in [4.69, 9.17) is 4.74 Å². The number of hydrogen-bond acceptors (Lipinski definition) is 4. The molecule has 1 saturated carbocycles. The first-order valence-electron chi connectivity index (χ1n) is 8.31. The fraction of sp³-hybridized carbons (Fsp3) is 1.00. The van der Waals surface area contributed by atoms with Crippen LogP contribution in [0.25, 0.3) is 0 Å². The standard InChI is InChI=1S/C16H33N3O/c1-18(2)16(8-4-9-16)14-19(3)12-5-13-20-15-6-10-17-11-7-15/h15,17H,4-14H2,1-3H3. The molecule has 0 bridgehead atoms. The number of hydrogen-bond donors (Lipinski definition) is 1. The molecule has 0 unspecified atom stereocenters. The predicted molar refractivity (Wildman–Crippen MR) is 84.2 cm³/mol. The van der Waals surface area contributed by atoms with Crippen LogP contribution in [0.15, 0.2) is 0 Å². The van der Waals surface area contributed by atoms with Gasteiger partial charge in [-0.25, -0.2) is 0 Å². The Labute approximate surface area is 124 Å². The zero-order valence-corrected chi connectivity index (χ0v) is 13.7. The summed E-state index contributed by atoms with van der Waals surface area (Å²) in [5.74, 6) is 0. The van der Waals surface area contributed by atoms with Crippen LogP contribution in [0.1, 0.15) is 38.5 Å². The molecule has 1 heterocycles. The van der Waals surface area contributed by atoms with Crippen LogP contribution in [0, 0.1) is 0 Å². The predicted octanol–water partition coefficient (Wildman–Crippen LogP) is 1.56. The van der Waals surface area contributed by atoms with Gasteiger partial charge in [0.2, 0.25) is 0 Å². The highest BCUT2D eigenvalue weighted by Crippen LogP contribution is 2.36. The van der Waals surface area contributed by atoms with Crippen molar-refractivity contribution in [2.24, 2.45) is 0 Å². The summed E-state index contributed by atoms with van der Waals surface area (Å²) in [5, 5.41) is 3.38. The minimum Gasteiger partial charge on any atom is -0.378 e. The number of piperidine rings is 1. The Balaban J connectivity index is 1.56. The monoisotopic (exact) mass is 283 g/mol. The highest BCUT2D eigenvalue weighted by molar-refractivity contribution is 4.97. The molecule has 1 N–H and O–H groups in total. The molecule has 118 valence electrons. The van der Waals surface area contributed by atoms with Crippen molar-refractivity contribution in [3.63, 3.8) is 0 Å². The van der Waals surface area contributed by atoms with E-state index in [-0.39, 0.29) is 0 Å². The Morgan fingerprint density at radius 3 is 2.40 bits per heavy atom. The third kappa shape index (κ3) is 4.42. The lowest BCUT2D eigenvalue weighted by atomic mass is 9.75. The fourth-order valence-corrected chi connectivity index (χ4v) is 3.46. The normalized spacial score (nSPS) is 23.2. The van der Waals surface area contributed by atoms with E-state index in [2.05, 4.69) is 36.3 Å². The molecule has 0 spiro atoms. The zero-order valence-electron chi connectivity index (χ0n) is 13.7. The maximum Gasteiger partial charge on any atom is 0.0599 e. The summed E-state index contributed by atoms with van der Waals surface area (Å²) in [4.78, 5) is 4.92. The lowest BCUT2D eigenvalue weighted by Gasteiger charge is -2.49. The molecule has 1 saturated heterocycles. The van der Waals surface area contributed by atoms with Gasteiger partial charge in [-0.15, -0.1) is 0 Å². The number of nitrogens with one attached hydrogen (secondary N) is 1. The molecule has 20 heavy (non-hydrogen) atoms. The zero-order chi connectivity index (χ0) is 14.4. The summed E-state index contributed by atoms with van der Waals surface area (Å²) in [6.07, 6.45) is 8.13. The van der Waals surface area contributed by atoms with Crippen LogP contribution >= 0.6 is 0 Å². The molecule has 0 radical (unpaired) electrons. The van der Waals surface area contributed by atoms with Gasteiger partial charge < -0.3 is 19.9 Å². The van der Waals surface area contributed by atoms with E-state index in [1.807, 2.05) is 0 Å². The summed E-state index contributed by atoms with van der Waals surface area (Å²) in [5.41, 5.74) is 0.449. The number of nitrogens with zero attached hydrogens (tertiary/aromatic N) is 2. The summed E-state index contributed by atoms with van der Waals surface area (Å²) < 4.78 is 5.97. The first-order chi connectivity index (χ1) is 9.62. The lowest BCUT2D eigenvalue weighted by molar-refractivity contribution is 0.0131. The second kappa shape index (κ2) is 7.74. The summed E-state index contributed by atoms with van der Waals surface area (Å²) >= 11 is 0. The van der Waals surface area contributed by atoms with Crippen molar-refractivity contribution >= 4 is 0 Å². The van der Waals surface area contributed by atoms with Crippen LogP contribution in [0.5, 0.6) is 0 Å². The van der Waals surface area contributed by atoms with E-state index in [1.165, 1.54) is 38.6 Å². The Bertz CT molecular complexity index is 273. The average molecular weight is 283 g/mol. The summed E-state index contributed by atoms with van der Waals surface area (Å²) in [6.45, 7) is 5.52. The molecule has 4 nitrogen and oxygen atoms in total. The van der Waals surface area contributed by atoms with Crippen LogP contribution in [0.2, 0.25) is 0 Å². The summed E-state index contributed by atoms with van der Waals surface area (Å²) in [6, 6.07) is 0. The molecule has 0 aromatic carbocycles. The Morgan fingerprint density at radius 2 is 1.85 bits per heavy atom. The average Bonchev–Trinajstić information content (AvgIpc) is 2.40. The van der Waals surface area contributed by atoms with E-state index in [1.54, 1.807) is 0 Å². The van der Waals surface area contributed by atoms with Gasteiger partial charge in [0.15, 0.2) is 0 Å². The molecule has 4 heteroatoms. The van der Waals surface area contributed by atoms with Crippen molar-refractivity contribution in [1.82, 2.24) is 15.1 Å². The molecular weight excluding hydrogens is 250 g/mol. The molecule has 1 aliphatic carbocycles. The third-order valence-electron chi connectivity index (χ3n) is 5.12. The van der Waals surface area contributed by atoms with Gasteiger partial charge in [-0.1, -0.05) is 0 Å². The van der Waals surface area contributed by atoms with Crippen molar-refractivity contribution in [3.05, 3.63) is 0 Å². The second-order valence-corrected chi connectivity index (χ2v) is 6.88. The van der Waals surface area contributed by atoms with E-state index < -0.39 is 0 Å². The largest absolute Gasteiger partial charge is 0.378 e. The second-order valence-electron chi connectivity index (χ2n) is 6.88. The van der Waals surface area contributed by atoms with Gasteiger partial charge in [0.1, 0.15) is 0 Å². The molecule has 1 aliphatic heterocycles. The topological polar surface area (TPSA) is 27.7 Å². The molecule has 0 amide bonds. The number of likely N-dealkylation sites (N-methyl/N-ethyl adjacent to an activating group) is 2.